The van der Waals surface area contributed by atoms with Crippen LogP contribution in [0.5, 0.6) is 5.75 Å². The number of phenols is 1. The van der Waals surface area contributed by atoms with Crippen molar-refractivity contribution in [1.29, 1.82) is 0 Å². The van der Waals surface area contributed by atoms with Gasteiger partial charge in [-0.15, -0.1) is 10.2 Å². The van der Waals surface area contributed by atoms with Crippen molar-refractivity contribution in [3.63, 3.8) is 0 Å². The third kappa shape index (κ3) is 4.85. The number of hydrogen-bond donors (Lipinski definition) is 2. The standard InChI is InChI=1S/C19H25BrN4O2S/c1-3-24-18(14-10-13(20)8-9-16(14)25)22-23-19(24)27-11-17(26)21-15-7-5-4-6-12(15)2/h8-10,12,15,25H,3-7,11H2,1-2H3,(H,21,26)/t12-,15-/m0/s1. The van der Waals surface area contributed by atoms with E-state index in [9.17, 15) is 9.90 Å². The molecule has 2 N–H and O–H groups in total. The van der Waals surface area contributed by atoms with Gasteiger partial charge in [0.15, 0.2) is 11.0 Å². The molecule has 3 rings (SSSR count). The van der Waals surface area contributed by atoms with Crippen LogP contribution in [-0.4, -0.2) is 37.6 Å². The highest BCUT2D eigenvalue weighted by atomic mass is 79.9. The number of aromatic hydroxyl groups is 1. The fourth-order valence-corrected chi connectivity index (χ4v) is 4.65. The summed E-state index contributed by atoms with van der Waals surface area (Å²) in [5, 5.41) is 22.5. The molecule has 2 atom stereocenters. The van der Waals surface area contributed by atoms with E-state index in [1.54, 1.807) is 12.1 Å². The van der Waals surface area contributed by atoms with Crippen molar-refractivity contribution in [2.24, 2.45) is 5.92 Å². The van der Waals surface area contributed by atoms with Gasteiger partial charge in [0.05, 0.1) is 11.3 Å². The van der Waals surface area contributed by atoms with Gasteiger partial charge in [-0.2, -0.15) is 0 Å². The van der Waals surface area contributed by atoms with Crippen molar-refractivity contribution in [2.75, 3.05) is 5.75 Å². The summed E-state index contributed by atoms with van der Waals surface area (Å²) < 4.78 is 2.78. The number of nitrogens with zero attached hydrogens (tertiary/aromatic N) is 3. The average molecular weight is 453 g/mol. The second kappa shape index (κ2) is 9.10. The van der Waals surface area contributed by atoms with Crippen LogP contribution in [0, 0.1) is 5.92 Å². The van der Waals surface area contributed by atoms with Gasteiger partial charge < -0.3 is 15.0 Å². The molecule has 0 bridgehead atoms. The van der Waals surface area contributed by atoms with Gasteiger partial charge in [-0.1, -0.05) is 47.5 Å². The molecule has 1 saturated carbocycles. The molecule has 1 aliphatic carbocycles. The van der Waals surface area contributed by atoms with Gasteiger partial charge in [0, 0.05) is 17.1 Å². The fourth-order valence-electron chi connectivity index (χ4n) is 3.48. The Morgan fingerprint density at radius 2 is 2.15 bits per heavy atom. The number of nitrogens with one attached hydrogen (secondary N) is 1. The van der Waals surface area contributed by atoms with Crippen molar-refractivity contribution in [1.82, 2.24) is 20.1 Å². The Kier molecular flexibility index (Phi) is 6.81. The highest BCUT2D eigenvalue weighted by molar-refractivity contribution is 9.10. The molecule has 1 fully saturated rings. The van der Waals surface area contributed by atoms with Crippen molar-refractivity contribution < 1.29 is 9.90 Å². The van der Waals surface area contributed by atoms with Crippen LogP contribution >= 0.6 is 27.7 Å². The Morgan fingerprint density at radius 3 is 2.89 bits per heavy atom. The first-order chi connectivity index (χ1) is 13.0. The zero-order valence-corrected chi connectivity index (χ0v) is 18.0. The van der Waals surface area contributed by atoms with E-state index in [4.69, 9.17) is 0 Å². The van der Waals surface area contributed by atoms with Gasteiger partial charge in [0.25, 0.3) is 0 Å². The third-order valence-corrected chi connectivity index (χ3v) is 6.48. The van der Waals surface area contributed by atoms with Crippen LogP contribution < -0.4 is 5.32 Å². The first-order valence-electron chi connectivity index (χ1n) is 9.33. The van der Waals surface area contributed by atoms with Crippen LogP contribution in [0.1, 0.15) is 39.5 Å². The lowest BCUT2D eigenvalue weighted by Gasteiger charge is -2.29. The van der Waals surface area contributed by atoms with E-state index in [-0.39, 0.29) is 17.7 Å². The number of aromatic nitrogens is 3. The zero-order chi connectivity index (χ0) is 19.4. The maximum Gasteiger partial charge on any atom is 0.230 e. The van der Waals surface area contributed by atoms with Crippen LogP contribution in [0.25, 0.3) is 11.4 Å². The van der Waals surface area contributed by atoms with E-state index in [0.717, 1.165) is 10.9 Å². The molecule has 1 aromatic carbocycles. The Labute approximate surface area is 172 Å². The molecular weight excluding hydrogens is 428 g/mol. The number of thioether (sulfide) groups is 1. The Balaban J connectivity index is 1.68. The first-order valence-corrected chi connectivity index (χ1v) is 11.1. The van der Waals surface area contributed by atoms with Gasteiger partial charge in [-0.05, 0) is 43.9 Å². The summed E-state index contributed by atoms with van der Waals surface area (Å²) in [6, 6.07) is 5.50. The average Bonchev–Trinajstić information content (AvgIpc) is 3.06. The normalized spacial score (nSPS) is 19.8. The SMILES string of the molecule is CCn1c(SCC(=O)N[C@H]2CCCC[C@@H]2C)nnc1-c1cc(Br)ccc1O. The molecule has 0 unspecified atom stereocenters. The Bertz CT molecular complexity index is 811. The lowest BCUT2D eigenvalue weighted by molar-refractivity contribution is -0.119. The number of phenolic OH excluding ortho intramolecular Hbond substituents is 1. The van der Waals surface area contributed by atoms with Gasteiger partial charge in [-0.3, -0.25) is 4.79 Å². The molecule has 1 aromatic heterocycles. The van der Waals surface area contributed by atoms with E-state index < -0.39 is 0 Å². The minimum absolute atomic E-state index is 0.0382. The molecule has 0 saturated heterocycles. The molecule has 1 amide bonds. The molecule has 1 heterocycles. The van der Waals surface area contributed by atoms with Gasteiger partial charge in [0.2, 0.25) is 5.91 Å². The quantitative estimate of drug-likeness (QED) is 0.641. The van der Waals surface area contributed by atoms with Crippen LogP contribution in [0.2, 0.25) is 0 Å². The monoisotopic (exact) mass is 452 g/mol. The molecule has 1 aliphatic rings. The van der Waals surface area contributed by atoms with Crippen molar-refractivity contribution in [2.45, 2.75) is 57.3 Å². The Morgan fingerprint density at radius 1 is 1.37 bits per heavy atom. The largest absolute Gasteiger partial charge is 0.507 e. The maximum atomic E-state index is 12.4. The number of hydrogen-bond acceptors (Lipinski definition) is 5. The van der Waals surface area contributed by atoms with Crippen molar-refractivity contribution in [3.05, 3.63) is 22.7 Å². The second-order valence-corrected chi connectivity index (χ2v) is 8.79. The van der Waals surface area contributed by atoms with Crippen LogP contribution in [0.4, 0.5) is 0 Å². The zero-order valence-electron chi connectivity index (χ0n) is 15.6. The molecule has 8 heteroatoms. The van der Waals surface area contributed by atoms with E-state index in [2.05, 4.69) is 38.4 Å². The number of halogens is 1. The second-order valence-electron chi connectivity index (χ2n) is 6.94. The summed E-state index contributed by atoms with van der Waals surface area (Å²) in [5.41, 5.74) is 0.617. The minimum Gasteiger partial charge on any atom is -0.507 e. The summed E-state index contributed by atoms with van der Waals surface area (Å²) in [5.74, 6) is 1.64. The number of amides is 1. The summed E-state index contributed by atoms with van der Waals surface area (Å²) in [7, 11) is 0. The van der Waals surface area contributed by atoms with Crippen molar-refractivity contribution >= 4 is 33.6 Å². The van der Waals surface area contributed by atoms with E-state index >= 15 is 0 Å². The highest BCUT2D eigenvalue weighted by Gasteiger charge is 2.23. The lowest BCUT2D eigenvalue weighted by atomic mass is 9.86. The van der Waals surface area contributed by atoms with Gasteiger partial charge in [0.1, 0.15) is 5.75 Å². The van der Waals surface area contributed by atoms with Gasteiger partial charge in [-0.25, -0.2) is 0 Å². The number of benzene rings is 1. The van der Waals surface area contributed by atoms with Crippen molar-refractivity contribution in [3.8, 4) is 17.1 Å². The topological polar surface area (TPSA) is 80.0 Å². The predicted molar refractivity (Wildman–Crippen MR) is 111 cm³/mol. The highest BCUT2D eigenvalue weighted by Crippen LogP contribution is 2.32. The smallest absolute Gasteiger partial charge is 0.230 e. The summed E-state index contributed by atoms with van der Waals surface area (Å²) in [4.78, 5) is 12.4. The summed E-state index contributed by atoms with van der Waals surface area (Å²) in [6.45, 7) is 4.86. The third-order valence-electron chi connectivity index (χ3n) is 5.02. The summed E-state index contributed by atoms with van der Waals surface area (Å²) in [6.07, 6.45) is 4.69. The van der Waals surface area contributed by atoms with Crippen LogP contribution in [-0.2, 0) is 11.3 Å². The molecule has 0 radical (unpaired) electrons. The number of rotatable bonds is 6. The molecule has 146 valence electrons. The minimum atomic E-state index is 0.0382. The Hall–Kier alpha value is -1.54. The summed E-state index contributed by atoms with van der Waals surface area (Å²) >= 11 is 4.80. The molecule has 6 nitrogen and oxygen atoms in total. The van der Waals surface area contributed by atoms with Crippen LogP contribution in [0.15, 0.2) is 27.8 Å². The van der Waals surface area contributed by atoms with E-state index in [1.807, 2.05) is 17.6 Å². The fraction of sp³-hybridized carbons (Fsp3) is 0.526. The molecule has 27 heavy (non-hydrogen) atoms. The molecule has 2 aromatic rings. The first kappa shape index (κ1) is 20.2. The predicted octanol–water partition coefficient (Wildman–Crippen LogP) is 4.22. The number of carbonyl (C=O) groups excluding carboxylic acids is 1. The van der Waals surface area contributed by atoms with Gasteiger partial charge >= 0.3 is 0 Å². The molecular formula is C19H25BrN4O2S. The van der Waals surface area contributed by atoms with Crippen LogP contribution in [0.3, 0.4) is 0 Å². The number of carbonyl (C=O) groups is 1. The maximum absolute atomic E-state index is 12.4. The lowest BCUT2D eigenvalue weighted by Crippen LogP contribution is -2.41. The molecule has 0 spiro atoms. The van der Waals surface area contributed by atoms with E-state index in [1.165, 1.54) is 31.0 Å². The van der Waals surface area contributed by atoms with E-state index in [0.29, 0.717) is 34.8 Å². The molecule has 0 aliphatic heterocycles.